The third-order valence-corrected chi connectivity index (χ3v) is 7.16. The van der Waals surface area contributed by atoms with Crippen LogP contribution >= 0.6 is 11.3 Å². The molecule has 2 aromatic rings. The quantitative estimate of drug-likeness (QED) is 0.646. The van der Waals surface area contributed by atoms with Gasteiger partial charge in [0.2, 0.25) is 5.91 Å². The van der Waals surface area contributed by atoms with Gasteiger partial charge in [-0.05, 0) is 31.4 Å². The molecule has 158 valence electrons. The van der Waals surface area contributed by atoms with Crippen molar-refractivity contribution >= 4 is 43.2 Å². The number of amides is 2. The third kappa shape index (κ3) is 5.74. The molecule has 8 nitrogen and oxygen atoms in total. The van der Waals surface area contributed by atoms with E-state index in [9.17, 15) is 18.0 Å². The van der Waals surface area contributed by atoms with E-state index in [4.69, 9.17) is 4.74 Å². The van der Waals surface area contributed by atoms with Crippen molar-refractivity contribution < 1.29 is 22.7 Å². The Labute approximate surface area is 173 Å². The predicted octanol–water partition coefficient (Wildman–Crippen LogP) is 1.20. The minimum absolute atomic E-state index is 0.422. The van der Waals surface area contributed by atoms with Crippen LogP contribution in [-0.2, 0) is 30.7 Å². The van der Waals surface area contributed by atoms with Gasteiger partial charge in [-0.15, -0.1) is 0 Å². The van der Waals surface area contributed by atoms with Gasteiger partial charge in [-0.3, -0.25) is 9.59 Å². The lowest BCUT2D eigenvalue weighted by Gasteiger charge is -2.26. The molecule has 1 aliphatic heterocycles. The van der Waals surface area contributed by atoms with Crippen molar-refractivity contribution in [1.29, 1.82) is 0 Å². The number of methoxy groups -OCH3 is 1. The minimum Gasteiger partial charge on any atom is -0.383 e. The number of carbonyl (C=O) groups excluding carboxylic acids is 2. The molecule has 0 bridgehead atoms. The number of thiazole rings is 1. The number of hydrogen-bond acceptors (Lipinski definition) is 6. The lowest BCUT2D eigenvalue weighted by Crippen LogP contribution is -2.40. The molecule has 3 rings (SSSR count). The Hall–Kier alpha value is -2.04. The van der Waals surface area contributed by atoms with Crippen LogP contribution in [0.25, 0.3) is 10.2 Å². The van der Waals surface area contributed by atoms with Crippen LogP contribution in [0.2, 0.25) is 0 Å². The molecule has 0 N–H and O–H groups in total. The summed E-state index contributed by atoms with van der Waals surface area (Å²) in [5, 5.41) is 0. The Morgan fingerprint density at radius 2 is 1.86 bits per heavy atom. The van der Waals surface area contributed by atoms with Crippen molar-refractivity contribution in [3.63, 3.8) is 0 Å². The molecule has 0 radical (unpaired) electrons. The topological polar surface area (TPSA) is 98.0 Å². The predicted molar refractivity (Wildman–Crippen MR) is 111 cm³/mol. The number of piperidine rings is 1. The lowest BCUT2D eigenvalue weighted by atomic mass is 10.1. The summed E-state index contributed by atoms with van der Waals surface area (Å²) in [6.07, 6.45) is 2.81. The second-order valence-electron chi connectivity index (χ2n) is 6.98. The Bertz CT molecular complexity index is 1050. The van der Waals surface area contributed by atoms with E-state index in [0.717, 1.165) is 29.5 Å². The number of likely N-dealkylation sites (tertiary alicyclic amines) is 1. The highest BCUT2D eigenvalue weighted by molar-refractivity contribution is 7.92. The maximum atomic E-state index is 12.4. The number of nitrogens with zero attached hydrogens (tertiary/aromatic N) is 3. The zero-order valence-electron chi connectivity index (χ0n) is 16.4. The van der Waals surface area contributed by atoms with Gasteiger partial charge in [-0.2, -0.15) is 4.99 Å². The number of carbonyl (C=O) groups is 2. The second kappa shape index (κ2) is 9.64. The Morgan fingerprint density at radius 1 is 1.14 bits per heavy atom. The van der Waals surface area contributed by atoms with E-state index < -0.39 is 33.2 Å². The van der Waals surface area contributed by atoms with Crippen LogP contribution in [0.5, 0.6) is 0 Å². The van der Waals surface area contributed by atoms with Crippen molar-refractivity contribution in [3.05, 3.63) is 29.1 Å². The number of ether oxygens (including phenoxy) is 1. The molecule has 1 aromatic heterocycles. The van der Waals surface area contributed by atoms with Crippen LogP contribution < -0.4 is 4.80 Å². The maximum Gasteiger partial charge on any atom is 0.263 e. The SMILES string of the molecule is COCCn1c(=NC(=O)CS(=O)(=O)CC(=O)N2CCCCC2)sc2ccccc21. The van der Waals surface area contributed by atoms with Crippen molar-refractivity contribution in [3.8, 4) is 0 Å². The molecule has 0 aliphatic carbocycles. The number of benzene rings is 1. The van der Waals surface area contributed by atoms with E-state index in [1.165, 1.54) is 11.3 Å². The number of aromatic nitrogens is 1. The van der Waals surface area contributed by atoms with Gasteiger partial charge in [0.1, 0.15) is 11.5 Å². The van der Waals surface area contributed by atoms with Gasteiger partial charge in [0, 0.05) is 26.7 Å². The van der Waals surface area contributed by atoms with Gasteiger partial charge in [-0.1, -0.05) is 23.5 Å². The molecule has 0 saturated carbocycles. The molecule has 1 saturated heterocycles. The first-order chi connectivity index (χ1) is 13.9. The monoisotopic (exact) mass is 439 g/mol. The van der Waals surface area contributed by atoms with Crippen LogP contribution in [0.3, 0.4) is 0 Å². The molecule has 0 spiro atoms. The van der Waals surface area contributed by atoms with E-state index in [1.54, 1.807) is 12.0 Å². The van der Waals surface area contributed by atoms with Gasteiger partial charge in [0.25, 0.3) is 5.91 Å². The van der Waals surface area contributed by atoms with Gasteiger partial charge < -0.3 is 14.2 Å². The standard InChI is InChI=1S/C19H25N3O5S2/c1-27-12-11-22-15-7-3-4-8-16(15)28-19(22)20-17(23)13-29(25,26)14-18(24)21-9-5-2-6-10-21/h3-4,7-8H,2,5-6,9-14H2,1H3. The van der Waals surface area contributed by atoms with Crippen molar-refractivity contribution in [2.24, 2.45) is 4.99 Å². The summed E-state index contributed by atoms with van der Waals surface area (Å²) in [7, 11) is -2.29. The molecule has 29 heavy (non-hydrogen) atoms. The molecule has 2 heterocycles. The van der Waals surface area contributed by atoms with E-state index in [0.29, 0.717) is 31.0 Å². The van der Waals surface area contributed by atoms with Crippen LogP contribution in [0, 0.1) is 0 Å². The molecule has 0 atom stereocenters. The van der Waals surface area contributed by atoms with Crippen LogP contribution in [0.15, 0.2) is 29.3 Å². The molecule has 1 aromatic carbocycles. The van der Waals surface area contributed by atoms with Gasteiger partial charge in [0.05, 0.1) is 16.8 Å². The minimum atomic E-state index is -3.87. The fourth-order valence-corrected chi connectivity index (χ4v) is 5.48. The Balaban J connectivity index is 1.76. The van der Waals surface area contributed by atoms with E-state index in [2.05, 4.69) is 4.99 Å². The molecular weight excluding hydrogens is 414 g/mol. The highest BCUT2D eigenvalue weighted by Crippen LogP contribution is 2.16. The molecular formula is C19H25N3O5S2. The highest BCUT2D eigenvalue weighted by Gasteiger charge is 2.25. The van der Waals surface area contributed by atoms with Crippen LogP contribution in [0.1, 0.15) is 19.3 Å². The summed E-state index contributed by atoms with van der Waals surface area (Å²) in [5.41, 5.74) is 0.907. The molecule has 2 amide bonds. The first kappa shape index (κ1) is 21.7. The first-order valence-corrected chi connectivity index (χ1v) is 12.2. The zero-order valence-corrected chi connectivity index (χ0v) is 18.0. The largest absolute Gasteiger partial charge is 0.383 e. The third-order valence-electron chi connectivity index (χ3n) is 4.72. The summed E-state index contributed by atoms with van der Waals surface area (Å²) >= 11 is 1.32. The van der Waals surface area contributed by atoms with E-state index in [1.807, 2.05) is 28.8 Å². The number of para-hydroxylation sites is 1. The lowest BCUT2D eigenvalue weighted by molar-refractivity contribution is -0.129. The normalized spacial score (nSPS) is 15.8. The first-order valence-electron chi connectivity index (χ1n) is 9.53. The van der Waals surface area contributed by atoms with Gasteiger partial charge in [0.15, 0.2) is 14.6 Å². The number of hydrogen-bond donors (Lipinski definition) is 0. The molecule has 0 unspecified atom stereocenters. The van der Waals surface area contributed by atoms with E-state index in [-0.39, 0.29) is 0 Å². The number of fused-ring (bicyclic) bond motifs is 1. The van der Waals surface area contributed by atoms with Crippen molar-refractivity contribution in [2.75, 3.05) is 38.3 Å². The fourth-order valence-electron chi connectivity index (χ4n) is 3.31. The van der Waals surface area contributed by atoms with Crippen molar-refractivity contribution in [1.82, 2.24) is 9.47 Å². The Kier molecular flexibility index (Phi) is 7.20. The zero-order chi connectivity index (χ0) is 20.9. The molecule has 1 aliphatic rings. The van der Waals surface area contributed by atoms with Gasteiger partial charge >= 0.3 is 0 Å². The summed E-state index contributed by atoms with van der Waals surface area (Å²) in [6.45, 7) is 2.08. The molecule has 10 heteroatoms. The maximum absolute atomic E-state index is 12.4. The second-order valence-corrected chi connectivity index (χ2v) is 10.0. The summed E-state index contributed by atoms with van der Waals surface area (Å²) in [6, 6.07) is 7.61. The van der Waals surface area contributed by atoms with Crippen LogP contribution in [0.4, 0.5) is 0 Å². The smallest absolute Gasteiger partial charge is 0.263 e. The average molecular weight is 440 g/mol. The van der Waals surface area contributed by atoms with Crippen LogP contribution in [-0.4, -0.2) is 68.0 Å². The number of rotatable bonds is 7. The summed E-state index contributed by atoms with van der Waals surface area (Å²) < 4.78 is 32.6. The Morgan fingerprint density at radius 3 is 2.59 bits per heavy atom. The van der Waals surface area contributed by atoms with Crippen molar-refractivity contribution in [2.45, 2.75) is 25.8 Å². The van der Waals surface area contributed by atoms with Gasteiger partial charge in [-0.25, -0.2) is 8.42 Å². The van der Waals surface area contributed by atoms with E-state index >= 15 is 0 Å². The molecule has 1 fully saturated rings. The summed E-state index contributed by atoms with van der Waals surface area (Å²) in [4.78, 5) is 30.6. The summed E-state index contributed by atoms with van der Waals surface area (Å²) in [5.74, 6) is -2.63. The fraction of sp³-hybridized carbons (Fsp3) is 0.526. The number of sulfone groups is 1. The average Bonchev–Trinajstić information content (AvgIpc) is 3.02. The highest BCUT2D eigenvalue weighted by atomic mass is 32.2.